The molecular weight excluding hydrogens is 230 g/mol. The summed E-state index contributed by atoms with van der Waals surface area (Å²) in [6, 6.07) is 0.721. The van der Waals surface area contributed by atoms with Crippen LogP contribution in [-0.4, -0.2) is 42.1 Å². The Morgan fingerprint density at radius 1 is 1.47 bits per heavy atom. The normalized spacial score (nSPS) is 18.7. The molecule has 0 amide bonds. The van der Waals surface area contributed by atoms with Crippen molar-refractivity contribution in [2.24, 2.45) is 0 Å². The molecule has 17 heavy (non-hydrogen) atoms. The fraction of sp³-hybridized carbons (Fsp3) is 0.769. The van der Waals surface area contributed by atoms with E-state index in [0.29, 0.717) is 0 Å². The molecule has 1 aromatic heterocycles. The first-order chi connectivity index (χ1) is 8.28. The van der Waals surface area contributed by atoms with E-state index in [1.54, 1.807) is 11.3 Å². The predicted octanol–water partition coefficient (Wildman–Crippen LogP) is 2.07. The van der Waals surface area contributed by atoms with E-state index in [1.165, 1.54) is 37.5 Å². The number of likely N-dealkylation sites (tertiary alicyclic amines) is 1. The summed E-state index contributed by atoms with van der Waals surface area (Å²) >= 11 is 1.78. The van der Waals surface area contributed by atoms with Crippen molar-refractivity contribution in [1.29, 1.82) is 0 Å². The number of piperidine rings is 1. The zero-order valence-electron chi connectivity index (χ0n) is 10.9. The van der Waals surface area contributed by atoms with Gasteiger partial charge in [-0.1, -0.05) is 6.92 Å². The van der Waals surface area contributed by atoms with Gasteiger partial charge in [0.2, 0.25) is 0 Å². The second kappa shape index (κ2) is 6.47. The standard InChI is InChI=1S/C13H23N3S/c1-3-16-8-5-12(6-9-16)14-7-4-13-15-11(2)10-17-13/h10,12,14H,3-9H2,1-2H3. The predicted molar refractivity (Wildman–Crippen MR) is 73.7 cm³/mol. The van der Waals surface area contributed by atoms with Crippen LogP contribution >= 0.6 is 11.3 Å². The number of aryl methyl sites for hydroxylation is 1. The third kappa shape index (κ3) is 4.05. The smallest absolute Gasteiger partial charge is 0.0940 e. The van der Waals surface area contributed by atoms with Crippen LogP contribution < -0.4 is 5.32 Å². The van der Waals surface area contributed by atoms with Crippen molar-refractivity contribution in [2.75, 3.05) is 26.2 Å². The van der Waals surface area contributed by atoms with Gasteiger partial charge >= 0.3 is 0 Å². The molecule has 4 heteroatoms. The Kier molecular flexibility index (Phi) is 4.95. The molecule has 1 aliphatic rings. The van der Waals surface area contributed by atoms with E-state index in [2.05, 4.69) is 34.4 Å². The molecular formula is C13H23N3S. The minimum atomic E-state index is 0.721. The van der Waals surface area contributed by atoms with E-state index in [4.69, 9.17) is 0 Å². The summed E-state index contributed by atoms with van der Waals surface area (Å²) in [5.41, 5.74) is 1.15. The number of hydrogen-bond donors (Lipinski definition) is 1. The number of nitrogens with zero attached hydrogens (tertiary/aromatic N) is 2. The van der Waals surface area contributed by atoms with Gasteiger partial charge in [0.1, 0.15) is 0 Å². The maximum atomic E-state index is 4.49. The summed E-state index contributed by atoms with van der Waals surface area (Å²) in [6.45, 7) is 9.09. The van der Waals surface area contributed by atoms with Crippen molar-refractivity contribution < 1.29 is 0 Å². The lowest BCUT2D eigenvalue weighted by atomic mass is 10.1. The molecule has 0 bridgehead atoms. The molecule has 1 N–H and O–H groups in total. The highest BCUT2D eigenvalue weighted by Gasteiger charge is 2.16. The molecule has 1 aromatic rings. The number of aromatic nitrogens is 1. The van der Waals surface area contributed by atoms with Crippen LogP contribution in [0.5, 0.6) is 0 Å². The molecule has 1 fully saturated rings. The molecule has 0 radical (unpaired) electrons. The SMILES string of the molecule is CCN1CCC(NCCc2nc(C)cs2)CC1. The first kappa shape index (κ1) is 13.0. The van der Waals surface area contributed by atoms with Gasteiger partial charge in [-0.2, -0.15) is 0 Å². The van der Waals surface area contributed by atoms with Gasteiger partial charge in [0, 0.05) is 30.1 Å². The van der Waals surface area contributed by atoms with Crippen LogP contribution in [-0.2, 0) is 6.42 Å². The maximum Gasteiger partial charge on any atom is 0.0940 e. The number of rotatable bonds is 5. The highest BCUT2D eigenvalue weighted by Crippen LogP contribution is 2.11. The molecule has 96 valence electrons. The van der Waals surface area contributed by atoms with Crippen molar-refractivity contribution in [2.45, 2.75) is 39.2 Å². The van der Waals surface area contributed by atoms with Crippen molar-refractivity contribution in [3.8, 4) is 0 Å². The first-order valence-corrected chi connectivity index (χ1v) is 7.52. The Balaban J connectivity index is 1.63. The quantitative estimate of drug-likeness (QED) is 0.871. The second-order valence-corrected chi connectivity index (χ2v) is 5.74. The Hall–Kier alpha value is -0.450. The van der Waals surface area contributed by atoms with Crippen LogP contribution in [0.15, 0.2) is 5.38 Å². The van der Waals surface area contributed by atoms with Crippen LogP contribution in [0.4, 0.5) is 0 Å². The average Bonchev–Trinajstić information content (AvgIpc) is 2.76. The second-order valence-electron chi connectivity index (χ2n) is 4.80. The van der Waals surface area contributed by atoms with E-state index in [-0.39, 0.29) is 0 Å². The Labute approximate surface area is 108 Å². The van der Waals surface area contributed by atoms with Gasteiger partial charge in [-0.25, -0.2) is 4.98 Å². The summed E-state index contributed by atoms with van der Waals surface area (Å²) in [6.07, 6.45) is 3.67. The Morgan fingerprint density at radius 2 is 2.24 bits per heavy atom. The van der Waals surface area contributed by atoms with Crippen LogP contribution in [0, 0.1) is 6.92 Å². The average molecular weight is 253 g/mol. The highest BCUT2D eigenvalue weighted by molar-refractivity contribution is 7.09. The zero-order chi connectivity index (χ0) is 12.1. The summed E-state index contributed by atoms with van der Waals surface area (Å²) < 4.78 is 0. The largest absolute Gasteiger partial charge is 0.313 e. The topological polar surface area (TPSA) is 28.2 Å². The van der Waals surface area contributed by atoms with Crippen LogP contribution in [0.25, 0.3) is 0 Å². The van der Waals surface area contributed by atoms with Gasteiger partial charge in [0.25, 0.3) is 0 Å². The fourth-order valence-corrected chi connectivity index (χ4v) is 3.13. The third-order valence-electron chi connectivity index (χ3n) is 3.47. The highest BCUT2D eigenvalue weighted by atomic mass is 32.1. The van der Waals surface area contributed by atoms with E-state index < -0.39 is 0 Å². The van der Waals surface area contributed by atoms with Gasteiger partial charge in [0.05, 0.1) is 5.01 Å². The lowest BCUT2D eigenvalue weighted by Crippen LogP contribution is -2.42. The third-order valence-corrected chi connectivity index (χ3v) is 4.50. The Bertz CT molecular complexity index is 329. The van der Waals surface area contributed by atoms with E-state index >= 15 is 0 Å². The summed E-state index contributed by atoms with van der Waals surface area (Å²) in [7, 11) is 0. The van der Waals surface area contributed by atoms with E-state index in [1.807, 2.05) is 0 Å². The number of thiazole rings is 1. The summed E-state index contributed by atoms with van der Waals surface area (Å²) in [5, 5.41) is 7.06. The molecule has 2 rings (SSSR count). The van der Waals surface area contributed by atoms with Gasteiger partial charge < -0.3 is 10.2 Å². The van der Waals surface area contributed by atoms with E-state index in [9.17, 15) is 0 Å². The molecule has 3 nitrogen and oxygen atoms in total. The van der Waals surface area contributed by atoms with Crippen molar-refractivity contribution >= 4 is 11.3 Å². The summed E-state index contributed by atoms with van der Waals surface area (Å²) in [4.78, 5) is 7.02. The molecule has 0 aliphatic carbocycles. The molecule has 0 spiro atoms. The lowest BCUT2D eigenvalue weighted by molar-refractivity contribution is 0.207. The van der Waals surface area contributed by atoms with Gasteiger partial charge in [-0.3, -0.25) is 0 Å². The van der Waals surface area contributed by atoms with Crippen LogP contribution in [0.3, 0.4) is 0 Å². The fourth-order valence-electron chi connectivity index (χ4n) is 2.35. The monoisotopic (exact) mass is 253 g/mol. The Morgan fingerprint density at radius 3 is 2.82 bits per heavy atom. The maximum absolute atomic E-state index is 4.49. The molecule has 0 saturated carbocycles. The molecule has 1 aliphatic heterocycles. The van der Waals surface area contributed by atoms with E-state index in [0.717, 1.165) is 24.7 Å². The number of hydrogen-bond acceptors (Lipinski definition) is 4. The summed E-state index contributed by atoms with van der Waals surface area (Å²) in [5.74, 6) is 0. The molecule has 0 unspecified atom stereocenters. The lowest BCUT2D eigenvalue weighted by Gasteiger charge is -2.31. The van der Waals surface area contributed by atoms with Crippen LogP contribution in [0.1, 0.15) is 30.5 Å². The van der Waals surface area contributed by atoms with Gasteiger partial charge in [-0.15, -0.1) is 11.3 Å². The molecule has 0 atom stereocenters. The van der Waals surface area contributed by atoms with Crippen LogP contribution in [0.2, 0.25) is 0 Å². The van der Waals surface area contributed by atoms with Crippen molar-refractivity contribution in [1.82, 2.24) is 15.2 Å². The molecule has 1 saturated heterocycles. The number of nitrogens with one attached hydrogen (secondary N) is 1. The molecule has 0 aromatic carbocycles. The minimum Gasteiger partial charge on any atom is -0.313 e. The minimum absolute atomic E-state index is 0.721. The molecule has 2 heterocycles. The first-order valence-electron chi connectivity index (χ1n) is 6.64. The van der Waals surface area contributed by atoms with Gasteiger partial charge in [-0.05, 0) is 39.4 Å². The zero-order valence-corrected chi connectivity index (χ0v) is 11.7. The van der Waals surface area contributed by atoms with Crippen molar-refractivity contribution in [3.63, 3.8) is 0 Å². The van der Waals surface area contributed by atoms with Crippen molar-refractivity contribution in [3.05, 3.63) is 16.1 Å². The van der Waals surface area contributed by atoms with Gasteiger partial charge in [0.15, 0.2) is 0 Å².